The van der Waals surface area contributed by atoms with E-state index in [-0.39, 0.29) is 24.4 Å². The van der Waals surface area contributed by atoms with Gasteiger partial charge in [-0.1, -0.05) is 23.7 Å². The highest BCUT2D eigenvalue weighted by Gasteiger charge is 2.54. The monoisotopic (exact) mass is 540 g/mol. The number of sulfone groups is 1. The van der Waals surface area contributed by atoms with E-state index in [9.17, 15) is 13.2 Å². The molecule has 2 saturated heterocycles. The third kappa shape index (κ3) is 4.52. The molecule has 0 bridgehead atoms. The second-order valence-electron chi connectivity index (χ2n) is 11.5. The number of hydrogen-bond acceptors (Lipinski definition) is 6. The first-order valence-electron chi connectivity index (χ1n) is 12.8. The van der Waals surface area contributed by atoms with Crippen molar-refractivity contribution in [3.05, 3.63) is 58.6 Å². The Kier molecular flexibility index (Phi) is 6.75. The van der Waals surface area contributed by atoms with Crippen molar-refractivity contribution in [1.82, 2.24) is 4.90 Å². The van der Waals surface area contributed by atoms with Crippen LogP contribution in [0.5, 0.6) is 5.75 Å². The van der Waals surface area contributed by atoms with E-state index in [1.165, 1.54) is 6.26 Å². The van der Waals surface area contributed by atoms with Gasteiger partial charge in [0.15, 0.2) is 9.84 Å². The number of piperidine rings is 1. The minimum absolute atomic E-state index is 0.178. The van der Waals surface area contributed by atoms with Crippen molar-refractivity contribution in [2.45, 2.75) is 28.2 Å². The molecule has 3 aliphatic rings. The lowest BCUT2D eigenvalue weighted by molar-refractivity contribution is -0.125. The molecule has 3 heterocycles. The molecular formula is C25H32B3ClN2O5S. The summed E-state index contributed by atoms with van der Waals surface area (Å²) in [6.45, 7) is 3.24. The molecule has 0 atom stereocenters. The van der Waals surface area contributed by atoms with Crippen molar-refractivity contribution in [2.24, 2.45) is 0 Å². The van der Waals surface area contributed by atoms with Crippen LogP contribution in [-0.4, -0.2) is 93.7 Å². The lowest BCUT2D eigenvalue weighted by Gasteiger charge is -2.40. The first kappa shape index (κ1) is 26.7. The number of halogens is 1. The Morgan fingerprint density at radius 3 is 2.27 bits per heavy atom. The van der Waals surface area contributed by atoms with Gasteiger partial charge >= 0.3 is 0 Å². The van der Waals surface area contributed by atoms with Gasteiger partial charge in [-0.25, -0.2) is 8.42 Å². The minimum atomic E-state index is -3.28. The van der Waals surface area contributed by atoms with E-state index in [4.69, 9.17) is 21.1 Å². The normalized spacial score (nSPS) is 21.0. The highest BCUT2D eigenvalue weighted by molar-refractivity contribution is 7.91. The highest BCUT2D eigenvalue weighted by Crippen LogP contribution is 2.50. The number of amides is 1. The predicted molar refractivity (Wildman–Crippen MR) is 154 cm³/mol. The van der Waals surface area contributed by atoms with E-state index in [1.807, 2.05) is 47.4 Å². The number of fused-ring (bicyclic) bond motifs is 2. The van der Waals surface area contributed by atoms with Crippen molar-refractivity contribution in [2.75, 3.05) is 50.6 Å². The van der Waals surface area contributed by atoms with Crippen LogP contribution >= 0.6 is 11.6 Å². The van der Waals surface area contributed by atoms with Gasteiger partial charge in [0.1, 0.15) is 40.6 Å². The first-order valence-corrected chi connectivity index (χ1v) is 15.0. The van der Waals surface area contributed by atoms with Crippen molar-refractivity contribution >= 4 is 56.6 Å². The molecule has 3 aliphatic heterocycles. The molecule has 2 fully saturated rings. The van der Waals surface area contributed by atoms with Crippen molar-refractivity contribution in [3.8, 4) is 5.75 Å². The van der Waals surface area contributed by atoms with Gasteiger partial charge in [-0.15, -0.1) is 0 Å². The molecule has 0 aromatic heterocycles. The molecule has 1 spiro atoms. The van der Waals surface area contributed by atoms with Gasteiger partial charge in [0.25, 0.3) is 0 Å². The van der Waals surface area contributed by atoms with E-state index in [2.05, 4.69) is 28.4 Å². The van der Waals surface area contributed by atoms with E-state index in [0.717, 1.165) is 49.3 Å². The maximum absolute atomic E-state index is 13.8. The number of anilines is 1. The molecule has 194 valence electrons. The van der Waals surface area contributed by atoms with E-state index < -0.39 is 20.0 Å². The summed E-state index contributed by atoms with van der Waals surface area (Å²) < 4.78 is 34.8. The number of ether oxygens (including phenoxy) is 2. The Bertz CT molecular complexity index is 1300. The molecular weight excluding hydrogens is 508 g/mol. The van der Waals surface area contributed by atoms with Crippen LogP contribution in [0.3, 0.4) is 0 Å². The first-order chi connectivity index (χ1) is 17.4. The quantitative estimate of drug-likeness (QED) is 0.456. The van der Waals surface area contributed by atoms with E-state index >= 15 is 0 Å². The van der Waals surface area contributed by atoms with Crippen LogP contribution in [0.25, 0.3) is 0 Å². The van der Waals surface area contributed by atoms with Gasteiger partial charge in [-0.2, -0.15) is 0 Å². The zero-order chi connectivity index (χ0) is 26.6. The van der Waals surface area contributed by atoms with Gasteiger partial charge < -0.3 is 14.4 Å². The Hall–Kier alpha value is -1.94. The zero-order valence-corrected chi connectivity index (χ0v) is 23.5. The maximum atomic E-state index is 13.8. The van der Waals surface area contributed by atoms with Crippen molar-refractivity contribution in [3.63, 3.8) is 0 Å². The molecule has 2 aromatic rings. The van der Waals surface area contributed by atoms with Gasteiger partial charge in [0.05, 0.1) is 18.6 Å². The Labute approximate surface area is 227 Å². The van der Waals surface area contributed by atoms with Crippen molar-refractivity contribution in [1.29, 1.82) is 0 Å². The second-order valence-corrected chi connectivity index (χ2v) is 14.3. The summed E-state index contributed by atoms with van der Waals surface area (Å²) in [5, 5.41) is 0.354. The second kappa shape index (κ2) is 9.36. The fourth-order valence-electron chi connectivity index (χ4n) is 5.86. The largest absolute Gasteiger partial charge is 0.492 e. The zero-order valence-electron chi connectivity index (χ0n) is 21.9. The van der Waals surface area contributed by atoms with Crippen LogP contribution in [-0.2, 0) is 29.5 Å². The molecule has 0 radical (unpaired) electrons. The lowest BCUT2D eigenvalue weighted by atomic mass is 9.48. The number of carbonyl (C=O) groups excluding carboxylic acids is 1. The molecule has 0 aliphatic carbocycles. The van der Waals surface area contributed by atoms with E-state index in [1.54, 1.807) is 0 Å². The Morgan fingerprint density at radius 1 is 1.08 bits per heavy atom. The fourth-order valence-corrected chi connectivity index (χ4v) is 7.19. The van der Waals surface area contributed by atoms with Crippen LogP contribution in [0.2, 0.25) is 5.02 Å². The number of carbonyl (C=O) groups is 1. The lowest BCUT2D eigenvalue weighted by Crippen LogP contribution is -2.57. The molecule has 2 aromatic carbocycles. The summed E-state index contributed by atoms with van der Waals surface area (Å²) in [6, 6.07) is 13.1. The number of rotatable bonds is 7. The third-order valence-electron chi connectivity index (χ3n) is 8.14. The van der Waals surface area contributed by atoms with E-state index in [0.29, 0.717) is 17.4 Å². The predicted octanol–water partition coefficient (Wildman–Crippen LogP) is -0.120. The third-order valence-corrected chi connectivity index (χ3v) is 10.3. The summed E-state index contributed by atoms with van der Waals surface area (Å²) in [6.07, 6.45) is 2.75. The van der Waals surface area contributed by atoms with Gasteiger partial charge in [-0.3, -0.25) is 9.69 Å². The van der Waals surface area contributed by atoms with Gasteiger partial charge in [0, 0.05) is 23.5 Å². The summed E-state index contributed by atoms with van der Waals surface area (Å²) >= 11 is 6.37. The van der Waals surface area contributed by atoms with Crippen LogP contribution in [0, 0.1) is 0 Å². The Balaban J connectivity index is 1.20. The van der Waals surface area contributed by atoms with Gasteiger partial charge in [-0.05, 0) is 72.6 Å². The molecule has 7 nitrogen and oxygen atoms in total. The Morgan fingerprint density at radius 2 is 1.73 bits per heavy atom. The number of nitrogens with zero attached hydrogens (tertiary/aromatic N) is 2. The van der Waals surface area contributed by atoms with Crippen molar-refractivity contribution < 1.29 is 22.7 Å². The summed E-state index contributed by atoms with van der Waals surface area (Å²) in [7, 11) is 2.94. The summed E-state index contributed by atoms with van der Waals surface area (Å²) in [5.74, 6) is 0.883. The smallest absolute Gasteiger partial charge is 0.236 e. The molecule has 0 unspecified atom stereocenters. The summed E-state index contributed by atoms with van der Waals surface area (Å²) in [5.41, 5.74) is 2.25. The SMILES string of the molecule is BC(B)(B)N1C(=O)C2(CCN(CCOc3ccc(C4(S(C)(=O)=O)COC4)cc3)CC2)c2cc(Cl)ccc21. The minimum Gasteiger partial charge on any atom is -0.492 e. The van der Waals surface area contributed by atoms with Gasteiger partial charge in [0.2, 0.25) is 5.91 Å². The van der Waals surface area contributed by atoms with Crippen LogP contribution in [0.4, 0.5) is 5.69 Å². The van der Waals surface area contributed by atoms with Crippen LogP contribution in [0.15, 0.2) is 42.5 Å². The molecule has 5 rings (SSSR count). The number of hydrogen-bond donors (Lipinski definition) is 0. The van der Waals surface area contributed by atoms with Crippen LogP contribution < -0.4 is 9.64 Å². The van der Waals surface area contributed by atoms with Crippen LogP contribution in [0.1, 0.15) is 24.0 Å². The number of likely N-dealkylation sites (tertiary alicyclic amines) is 1. The number of benzene rings is 2. The molecule has 0 N–H and O–H groups in total. The molecule has 0 saturated carbocycles. The molecule has 37 heavy (non-hydrogen) atoms. The highest BCUT2D eigenvalue weighted by atomic mass is 35.5. The molecule has 12 heteroatoms. The summed E-state index contributed by atoms with van der Waals surface area (Å²) in [4.78, 5) is 18.1. The average molecular weight is 540 g/mol. The standard InChI is InChI=1S/C25H32B3ClN2O5S/c1-37(33,34)24(15-35-16-24)17-2-5-19(6-3-17)36-13-12-30-10-8-23(9-11-30)20-14-18(29)4-7-21(20)31(22(23)32)25(26,27)28/h2-7,14H,8-13,15-16,26-28H2,1H3. The maximum Gasteiger partial charge on any atom is 0.236 e. The fraction of sp³-hybridized carbons (Fsp3) is 0.480. The average Bonchev–Trinajstić information content (AvgIpc) is 3.02. The topological polar surface area (TPSA) is 76.2 Å². The molecule has 1 amide bonds.